The Morgan fingerprint density at radius 1 is 0.927 bits per heavy atom. The zero-order valence-electron chi connectivity index (χ0n) is 31.8. The molecule has 7 rings (SSSR count). The maximum absolute atomic E-state index is 14.7. The van der Waals surface area contributed by atoms with Crippen molar-refractivity contribution >= 4 is 34.5 Å². The molecule has 3 aliphatic heterocycles. The number of phenols is 1. The fourth-order valence-corrected chi connectivity index (χ4v) is 8.49. The fraction of sp³-hybridized carbons (Fsp3) is 0.395. The zero-order valence-corrected chi connectivity index (χ0v) is 31.8. The van der Waals surface area contributed by atoms with Crippen LogP contribution < -0.4 is 0 Å². The van der Waals surface area contributed by atoms with Crippen LogP contribution in [0.3, 0.4) is 0 Å². The Labute approximate surface area is 322 Å². The van der Waals surface area contributed by atoms with Crippen molar-refractivity contribution in [2.75, 3.05) is 52.4 Å². The van der Waals surface area contributed by atoms with E-state index in [4.69, 9.17) is 0 Å². The second-order valence-corrected chi connectivity index (χ2v) is 14.8. The molecule has 1 aromatic heterocycles. The molecule has 3 fully saturated rings. The smallest absolute Gasteiger partial charge is 0.256 e. The van der Waals surface area contributed by atoms with Gasteiger partial charge in [0.05, 0.1) is 24.2 Å². The van der Waals surface area contributed by atoms with Gasteiger partial charge in [0.25, 0.3) is 5.91 Å². The number of carbonyl (C=O) groups is 4. The standard InChI is InChI=1S/C43H51N7O5/c1-4-20-45-22-24-46(25-23-45)42(54)36-28-44(3)41-33(12-9-13-35(36)41)27-47-29-38-49(37(43(47)55)26-32-14-17-34(51)18-15-32)40(53)30-48(21-5-2)50(38)39(52)19-16-31-10-7-6-8-11-31/h5-15,17-18,28,37-38,51H,2,4,16,19-27,29-30H2,1,3H3/t37-,38-/m0/s1. The summed E-state index contributed by atoms with van der Waals surface area (Å²) in [6.45, 7) is 10.7. The number of phenolic OH excluding ortho intramolecular Hbond substituents is 1. The van der Waals surface area contributed by atoms with Gasteiger partial charge in [-0.3, -0.25) is 24.1 Å². The zero-order chi connectivity index (χ0) is 38.6. The third-order valence-electron chi connectivity index (χ3n) is 11.1. The van der Waals surface area contributed by atoms with Gasteiger partial charge in [0, 0.05) is 70.7 Å². The lowest BCUT2D eigenvalue weighted by Gasteiger charge is -2.55. The van der Waals surface area contributed by atoms with Gasteiger partial charge in [-0.1, -0.05) is 73.7 Å². The number of para-hydroxylation sites is 1. The minimum Gasteiger partial charge on any atom is -0.508 e. The van der Waals surface area contributed by atoms with Crippen LogP contribution in [0, 0.1) is 0 Å². The molecule has 3 aliphatic rings. The molecule has 0 radical (unpaired) electrons. The molecule has 4 heterocycles. The van der Waals surface area contributed by atoms with E-state index in [0.717, 1.165) is 53.6 Å². The van der Waals surface area contributed by atoms with Crippen molar-refractivity contribution in [3.8, 4) is 5.75 Å². The van der Waals surface area contributed by atoms with Crippen molar-refractivity contribution in [3.05, 3.63) is 114 Å². The molecule has 0 bridgehead atoms. The molecule has 0 aliphatic carbocycles. The highest BCUT2D eigenvalue weighted by atomic mass is 16.3. The molecule has 3 saturated heterocycles. The maximum Gasteiger partial charge on any atom is 0.256 e. The summed E-state index contributed by atoms with van der Waals surface area (Å²) >= 11 is 0. The number of rotatable bonds is 12. The van der Waals surface area contributed by atoms with E-state index in [2.05, 4.69) is 18.4 Å². The third-order valence-corrected chi connectivity index (χ3v) is 11.1. The van der Waals surface area contributed by atoms with Crippen molar-refractivity contribution in [3.63, 3.8) is 0 Å². The van der Waals surface area contributed by atoms with Crippen LogP contribution in [-0.4, -0.2) is 127 Å². The van der Waals surface area contributed by atoms with Crippen LogP contribution in [0.4, 0.5) is 0 Å². The highest BCUT2D eigenvalue weighted by molar-refractivity contribution is 6.07. The van der Waals surface area contributed by atoms with Gasteiger partial charge in [-0.2, -0.15) is 0 Å². The molecule has 12 nitrogen and oxygen atoms in total. The van der Waals surface area contributed by atoms with Crippen LogP contribution in [0.2, 0.25) is 0 Å². The molecular formula is C43H51N7O5. The fourth-order valence-electron chi connectivity index (χ4n) is 8.49. The average molecular weight is 746 g/mol. The Hall–Kier alpha value is -5.46. The first kappa shape index (κ1) is 37.8. The van der Waals surface area contributed by atoms with Crippen LogP contribution in [0.15, 0.2) is 91.6 Å². The highest BCUT2D eigenvalue weighted by Gasteiger charge is 2.51. The number of hydrogen-bond acceptors (Lipinski definition) is 7. The maximum atomic E-state index is 14.7. The first-order valence-electron chi connectivity index (χ1n) is 19.3. The monoisotopic (exact) mass is 745 g/mol. The molecule has 0 spiro atoms. The summed E-state index contributed by atoms with van der Waals surface area (Å²) in [6, 6.07) is 21.5. The van der Waals surface area contributed by atoms with Crippen LogP contribution >= 0.6 is 0 Å². The first-order chi connectivity index (χ1) is 26.7. The number of carbonyl (C=O) groups excluding carboxylic acids is 4. The lowest BCUT2D eigenvalue weighted by molar-refractivity contribution is -0.205. The minimum atomic E-state index is -0.887. The van der Waals surface area contributed by atoms with E-state index in [1.807, 2.05) is 71.2 Å². The van der Waals surface area contributed by atoms with Gasteiger partial charge in [0.2, 0.25) is 17.7 Å². The number of piperazine rings is 2. The predicted octanol–water partition coefficient (Wildman–Crippen LogP) is 4.04. The second kappa shape index (κ2) is 16.5. The Bertz CT molecular complexity index is 2040. The largest absolute Gasteiger partial charge is 0.508 e. The quantitative estimate of drug-likeness (QED) is 0.218. The van der Waals surface area contributed by atoms with Gasteiger partial charge in [-0.25, -0.2) is 10.0 Å². The van der Waals surface area contributed by atoms with Gasteiger partial charge in [0.15, 0.2) is 0 Å². The number of nitrogens with zero attached hydrogens (tertiary/aromatic N) is 7. The van der Waals surface area contributed by atoms with E-state index >= 15 is 0 Å². The average Bonchev–Trinajstić information content (AvgIpc) is 3.53. The Morgan fingerprint density at radius 2 is 1.67 bits per heavy atom. The van der Waals surface area contributed by atoms with E-state index in [-0.39, 0.29) is 68.4 Å². The van der Waals surface area contributed by atoms with E-state index in [1.165, 1.54) is 0 Å². The summed E-state index contributed by atoms with van der Waals surface area (Å²) in [7, 11) is 1.93. The number of aromatic nitrogens is 1. The molecule has 3 aromatic carbocycles. The van der Waals surface area contributed by atoms with Gasteiger partial charge in [-0.05, 0) is 48.2 Å². The van der Waals surface area contributed by atoms with Gasteiger partial charge < -0.3 is 24.4 Å². The Morgan fingerprint density at radius 3 is 2.38 bits per heavy atom. The molecular weight excluding hydrogens is 695 g/mol. The Balaban J connectivity index is 1.21. The van der Waals surface area contributed by atoms with Crippen molar-refractivity contribution in [1.29, 1.82) is 0 Å². The third kappa shape index (κ3) is 7.88. The van der Waals surface area contributed by atoms with E-state index < -0.39 is 12.2 Å². The van der Waals surface area contributed by atoms with E-state index in [1.54, 1.807) is 50.2 Å². The number of aryl methyl sites for hydroxylation is 2. The summed E-state index contributed by atoms with van der Waals surface area (Å²) in [6.07, 6.45) is 4.87. The van der Waals surface area contributed by atoms with Crippen LogP contribution in [0.1, 0.15) is 46.8 Å². The van der Waals surface area contributed by atoms with Gasteiger partial charge >= 0.3 is 0 Å². The molecule has 288 valence electrons. The molecule has 12 heteroatoms. The van der Waals surface area contributed by atoms with Crippen molar-refractivity contribution < 1.29 is 24.3 Å². The summed E-state index contributed by atoms with van der Waals surface area (Å²) in [5.74, 6) is -0.493. The topological polar surface area (TPSA) is 113 Å². The summed E-state index contributed by atoms with van der Waals surface area (Å²) in [5.41, 5.74) is 4.18. The lowest BCUT2D eigenvalue weighted by Crippen LogP contribution is -2.75. The second-order valence-electron chi connectivity index (χ2n) is 14.8. The SMILES string of the molecule is C=CCN1CC(=O)N2[C@@H](Cc3ccc(O)cc3)C(=O)N(Cc3cccc4c(C(=O)N5CCN(CCC)CC5)cn(C)c34)C[C@@H]2N1C(=O)CCc1ccccc1. The lowest BCUT2D eigenvalue weighted by atomic mass is 9.97. The van der Waals surface area contributed by atoms with Crippen molar-refractivity contribution in [2.45, 2.75) is 51.4 Å². The highest BCUT2D eigenvalue weighted by Crippen LogP contribution is 2.32. The number of amides is 4. The minimum absolute atomic E-state index is 0.00485. The van der Waals surface area contributed by atoms with Crippen molar-refractivity contribution in [2.24, 2.45) is 7.05 Å². The number of hydrazine groups is 1. The summed E-state index contributed by atoms with van der Waals surface area (Å²) in [4.78, 5) is 64.6. The van der Waals surface area contributed by atoms with Crippen LogP contribution in [0.25, 0.3) is 10.9 Å². The Kier molecular flexibility index (Phi) is 11.4. The number of benzene rings is 3. The summed E-state index contributed by atoms with van der Waals surface area (Å²) < 4.78 is 1.97. The molecule has 4 aromatic rings. The van der Waals surface area contributed by atoms with Crippen molar-refractivity contribution in [1.82, 2.24) is 34.2 Å². The summed E-state index contributed by atoms with van der Waals surface area (Å²) in [5, 5.41) is 14.2. The molecule has 2 atom stereocenters. The molecule has 1 N–H and O–H groups in total. The van der Waals surface area contributed by atoms with E-state index in [9.17, 15) is 24.3 Å². The molecule has 55 heavy (non-hydrogen) atoms. The molecule has 0 saturated carbocycles. The van der Waals surface area contributed by atoms with Gasteiger partial charge in [0.1, 0.15) is 18.0 Å². The van der Waals surface area contributed by atoms with Gasteiger partial charge in [-0.15, -0.1) is 6.58 Å². The first-order valence-corrected chi connectivity index (χ1v) is 19.3. The van der Waals surface area contributed by atoms with Crippen LogP contribution in [-0.2, 0) is 40.8 Å². The van der Waals surface area contributed by atoms with Crippen LogP contribution in [0.5, 0.6) is 5.75 Å². The van der Waals surface area contributed by atoms with E-state index in [0.29, 0.717) is 25.1 Å². The predicted molar refractivity (Wildman–Crippen MR) is 211 cm³/mol. The molecule has 0 unspecified atom stereocenters. The number of aromatic hydroxyl groups is 1. The normalized spacial score (nSPS) is 19.6. The number of fused-ring (bicyclic) bond motifs is 2. The number of hydrogen-bond donors (Lipinski definition) is 1. The molecule has 4 amide bonds.